The van der Waals surface area contributed by atoms with E-state index in [-0.39, 0.29) is 61.0 Å². The van der Waals surface area contributed by atoms with Crippen molar-refractivity contribution in [3.63, 3.8) is 0 Å². The van der Waals surface area contributed by atoms with Gasteiger partial charge in [-0.05, 0) is 18.2 Å². The molecule has 0 aromatic heterocycles. The number of carbonyl (C=O) groups is 1. The topological polar surface area (TPSA) is 279 Å². The summed E-state index contributed by atoms with van der Waals surface area (Å²) in [5.74, 6) is -4.23. The van der Waals surface area contributed by atoms with Crippen molar-refractivity contribution in [3.8, 4) is 34.5 Å². The van der Waals surface area contributed by atoms with Gasteiger partial charge in [0.15, 0.2) is 29.5 Å². The van der Waals surface area contributed by atoms with Crippen molar-refractivity contribution in [2.45, 2.75) is 43.0 Å². The number of carbonyl (C=O) groups excluding carboxylic acids is 1. The lowest BCUT2D eigenvalue weighted by atomic mass is 9.90. The molecular weight excluding hydrogens is 694 g/mol. The first kappa shape index (κ1) is 40.8. The number of benzene rings is 2. The summed E-state index contributed by atoms with van der Waals surface area (Å²) in [5, 5.41) is 81.8. The number of phenolic OH excluding ortho intramolecular Hbond substituents is 5. The Morgan fingerprint density at radius 2 is 1.27 bits per heavy atom. The van der Waals surface area contributed by atoms with E-state index >= 15 is 0 Å². The number of ether oxygens (including phenoxy) is 8. The van der Waals surface area contributed by atoms with Gasteiger partial charge in [0, 0.05) is 36.2 Å². The maximum Gasteiger partial charge on any atom is 0.334 e. The van der Waals surface area contributed by atoms with Gasteiger partial charge in [-0.1, -0.05) is 0 Å². The van der Waals surface area contributed by atoms with Gasteiger partial charge in [0.2, 0.25) is 0 Å². The molecular formula is C34H47NO17. The monoisotopic (exact) mass is 741 g/mol. The van der Waals surface area contributed by atoms with Crippen LogP contribution < -0.4 is 10.5 Å². The lowest BCUT2D eigenvalue weighted by Gasteiger charge is -2.39. The zero-order chi connectivity index (χ0) is 37.6. The third-order valence-electron chi connectivity index (χ3n) is 7.99. The molecule has 6 unspecified atom stereocenters. The van der Waals surface area contributed by atoms with Crippen LogP contribution in [0.1, 0.15) is 29.8 Å². The first-order valence-electron chi connectivity index (χ1n) is 16.6. The van der Waals surface area contributed by atoms with Crippen molar-refractivity contribution in [1.82, 2.24) is 0 Å². The van der Waals surface area contributed by atoms with Crippen molar-refractivity contribution in [3.05, 3.63) is 47.0 Å². The maximum atomic E-state index is 13.5. The highest BCUT2D eigenvalue weighted by Gasteiger charge is 2.46. The van der Waals surface area contributed by atoms with Crippen LogP contribution in [0, 0.1) is 0 Å². The molecule has 18 nitrogen and oxygen atoms in total. The zero-order valence-electron chi connectivity index (χ0n) is 28.4. The Balaban J connectivity index is 1.39. The highest BCUT2D eigenvalue weighted by molar-refractivity contribution is 5.89. The van der Waals surface area contributed by atoms with Gasteiger partial charge in [-0.25, -0.2) is 4.79 Å². The molecule has 2 aromatic carbocycles. The Bertz CT molecular complexity index is 1450. The van der Waals surface area contributed by atoms with E-state index in [9.17, 15) is 45.6 Å². The molecule has 2 aliphatic rings. The number of nitrogens with two attached hydrogens (primary N) is 1. The summed E-state index contributed by atoms with van der Waals surface area (Å²) >= 11 is 0. The predicted molar refractivity (Wildman–Crippen MR) is 177 cm³/mol. The highest BCUT2D eigenvalue weighted by atomic mass is 16.6. The SMILES string of the molecule is NCCOCCOCCOCCOCCOCCOC1c2c(O)cc(O)cc2OC(c2cc(O)c(O)c(O)c2)C1OC(=O)C1=CC(O)C(O)C(O)C1. The van der Waals surface area contributed by atoms with Gasteiger partial charge in [-0.2, -0.15) is 0 Å². The third-order valence-corrected chi connectivity index (χ3v) is 7.99. The van der Waals surface area contributed by atoms with Gasteiger partial charge in [0.25, 0.3) is 0 Å². The Morgan fingerprint density at radius 1 is 0.731 bits per heavy atom. The number of aliphatic hydroxyl groups is 3. The second-order valence-electron chi connectivity index (χ2n) is 11.8. The number of aromatic hydroxyl groups is 5. The quantitative estimate of drug-likeness (QED) is 0.0454. The summed E-state index contributed by atoms with van der Waals surface area (Å²) in [7, 11) is 0. The molecule has 10 N–H and O–H groups in total. The standard InChI is InChI=1S/C34H47NO17/c35-1-2-45-3-4-46-5-6-47-7-8-48-9-10-49-11-12-50-32-28-22(37)17-21(36)18-27(28)51-31(19-13-23(38)29(42)24(39)14-19)33(32)52-34(44)20-15-25(40)30(43)26(41)16-20/h13-15,17-18,25-26,30-33,36-43H,1-12,16,35H2. The van der Waals surface area contributed by atoms with Crippen molar-refractivity contribution in [2.75, 3.05) is 79.2 Å². The van der Waals surface area contributed by atoms with Gasteiger partial charge < -0.3 is 84.5 Å². The predicted octanol–water partition coefficient (Wildman–Crippen LogP) is -0.228. The molecule has 6 atom stereocenters. The van der Waals surface area contributed by atoms with E-state index in [0.717, 1.165) is 24.3 Å². The van der Waals surface area contributed by atoms with Crippen LogP contribution in [0.25, 0.3) is 0 Å². The van der Waals surface area contributed by atoms with E-state index in [1.54, 1.807) is 0 Å². The zero-order valence-corrected chi connectivity index (χ0v) is 28.4. The fourth-order valence-corrected chi connectivity index (χ4v) is 5.45. The van der Waals surface area contributed by atoms with E-state index < -0.39 is 65.6 Å². The van der Waals surface area contributed by atoms with Crippen LogP contribution in [0.5, 0.6) is 34.5 Å². The number of aliphatic hydroxyl groups excluding tert-OH is 3. The summed E-state index contributed by atoms with van der Waals surface area (Å²) < 4.78 is 45.1. The Morgan fingerprint density at radius 3 is 1.81 bits per heavy atom. The smallest absolute Gasteiger partial charge is 0.334 e. The van der Waals surface area contributed by atoms with E-state index in [1.165, 1.54) is 6.07 Å². The van der Waals surface area contributed by atoms with E-state index in [2.05, 4.69) is 0 Å². The molecule has 0 saturated carbocycles. The first-order valence-corrected chi connectivity index (χ1v) is 16.6. The Kier molecular flexibility index (Phi) is 16.0. The van der Waals surface area contributed by atoms with Crippen LogP contribution in [0.3, 0.4) is 0 Å². The van der Waals surface area contributed by atoms with Crippen LogP contribution in [0.4, 0.5) is 0 Å². The lowest BCUT2D eigenvalue weighted by Crippen LogP contribution is -2.43. The molecule has 0 fully saturated rings. The van der Waals surface area contributed by atoms with Gasteiger partial charge in [-0.15, -0.1) is 0 Å². The maximum absolute atomic E-state index is 13.5. The molecule has 0 amide bonds. The number of fused-ring (bicyclic) bond motifs is 1. The second kappa shape index (κ2) is 20.3. The number of hydrogen-bond acceptors (Lipinski definition) is 18. The number of rotatable bonds is 21. The van der Waals surface area contributed by atoms with Crippen LogP contribution in [0.15, 0.2) is 35.9 Å². The van der Waals surface area contributed by atoms with Crippen LogP contribution >= 0.6 is 0 Å². The van der Waals surface area contributed by atoms with E-state index in [4.69, 9.17) is 43.6 Å². The molecule has 0 saturated heterocycles. The summed E-state index contributed by atoms with van der Waals surface area (Å²) in [5.41, 5.74) is 5.15. The third kappa shape index (κ3) is 11.3. The van der Waals surface area contributed by atoms with Crippen molar-refractivity contribution in [2.24, 2.45) is 5.73 Å². The molecule has 1 heterocycles. The minimum atomic E-state index is -1.57. The molecule has 290 valence electrons. The van der Waals surface area contributed by atoms with Crippen LogP contribution in [-0.4, -0.2) is 150 Å². The molecule has 2 aromatic rings. The summed E-state index contributed by atoms with van der Waals surface area (Å²) in [6.07, 6.45) is -8.09. The molecule has 18 heteroatoms. The van der Waals surface area contributed by atoms with Gasteiger partial charge >= 0.3 is 5.97 Å². The number of esters is 1. The fraction of sp³-hybridized carbons (Fsp3) is 0.559. The fourth-order valence-electron chi connectivity index (χ4n) is 5.45. The molecule has 52 heavy (non-hydrogen) atoms. The van der Waals surface area contributed by atoms with Crippen LogP contribution in [-0.2, 0) is 38.0 Å². The van der Waals surface area contributed by atoms with E-state index in [0.29, 0.717) is 52.8 Å². The van der Waals surface area contributed by atoms with Gasteiger partial charge in [0.05, 0.1) is 84.3 Å². The molecule has 0 radical (unpaired) electrons. The average molecular weight is 742 g/mol. The van der Waals surface area contributed by atoms with E-state index in [1.807, 2.05) is 0 Å². The minimum absolute atomic E-state index is 0.00127. The van der Waals surface area contributed by atoms with Gasteiger partial charge in [0.1, 0.15) is 35.6 Å². The molecule has 1 aliphatic heterocycles. The van der Waals surface area contributed by atoms with Crippen molar-refractivity contribution < 1.29 is 83.5 Å². The Labute approximate surface area is 299 Å². The number of phenols is 5. The second-order valence-corrected chi connectivity index (χ2v) is 11.8. The summed E-state index contributed by atoms with van der Waals surface area (Å²) in [6.45, 7) is 3.69. The normalized spacial score (nSPS) is 22.7. The molecule has 0 spiro atoms. The minimum Gasteiger partial charge on any atom is -0.508 e. The molecule has 0 bridgehead atoms. The summed E-state index contributed by atoms with van der Waals surface area (Å²) in [6, 6.07) is 4.31. The van der Waals surface area contributed by atoms with Gasteiger partial charge in [-0.3, -0.25) is 0 Å². The molecule has 4 rings (SSSR count). The summed E-state index contributed by atoms with van der Waals surface area (Å²) in [4.78, 5) is 13.5. The lowest BCUT2D eigenvalue weighted by molar-refractivity contribution is -0.171. The number of hydrogen-bond donors (Lipinski definition) is 9. The Hall–Kier alpha value is -3.95. The van der Waals surface area contributed by atoms with Crippen LogP contribution in [0.2, 0.25) is 0 Å². The average Bonchev–Trinajstić information content (AvgIpc) is 3.10. The molecule has 1 aliphatic carbocycles. The van der Waals surface area contributed by atoms with Crippen molar-refractivity contribution >= 4 is 5.97 Å². The first-order chi connectivity index (χ1) is 25.0. The van der Waals surface area contributed by atoms with Crippen molar-refractivity contribution in [1.29, 1.82) is 0 Å². The largest absolute Gasteiger partial charge is 0.508 e. The highest BCUT2D eigenvalue weighted by Crippen LogP contribution is 2.51.